The molecule has 2 rings (SSSR count). The number of rotatable bonds is 5. The average molecular weight is 360 g/mol. The Bertz CT molecular complexity index is 581. The molecule has 1 heterocycles. The molecular weight excluding hydrogens is 344 g/mol. The lowest BCUT2D eigenvalue weighted by Gasteiger charge is -2.19. The molecule has 7 heteroatoms. The molecule has 0 aliphatic heterocycles. The maximum atomic E-state index is 6.15. The third-order valence-corrected chi connectivity index (χ3v) is 4.31. The maximum absolute atomic E-state index is 6.15. The van der Waals surface area contributed by atoms with E-state index in [2.05, 4.69) is 26.5 Å². The molecule has 3 N–H and O–H groups in total. The molecule has 0 aliphatic carbocycles. The van der Waals surface area contributed by atoms with Gasteiger partial charge in [-0.05, 0) is 40.5 Å². The number of aromatic nitrogens is 2. The molecule has 1 unspecified atom stereocenters. The van der Waals surface area contributed by atoms with Gasteiger partial charge in [0, 0.05) is 11.0 Å². The van der Waals surface area contributed by atoms with Crippen LogP contribution in [0.2, 0.25) is 5.02 Å². The van der Waals surface area contributed by atoms with Gasteiger partial charge in [0.25, 0.3) is 0 Å². The highest BCUT2D eigenvalue weighted by Gasteiger charge is 2.22. The molecule has 1 atom stereocenters. The number of hydrogen-bond donors (Lipinski definition) is 2. The zero-order chi connectivity index (χ0) is 14.7. The monoisotopic (exact) mass is 358 g/mol. The van der Waals surface area contributed by atoms with Crippen LogP contribution >= 0.6 is 27.5 Å². The molecule has 0 amide bonds. The Labute approximate surface area is 131 Å². The lowest BCUT2D eigenvalue weighted by atomic mass is 10.0. The fourth-order valence-corrected chi connectivity index (χ4v) is 2.54. The van der Waals surface area contributed by atoms with Crippen molar-refractivity contribution in [3.8, 4) is 5.75 Å². The standard InChI is InChI=1S/C13H16BrClN4O/c1-3-19-13(11(20-2)7-17-19)12(18-16)8-4-5-9(14)10(15)6-8/h4-7,12,18H,3,16H2,1-2H3. The Morgan fingerprint density at radius 2 is 2.30 bits per heavy atom. The first-order chi connectivity index (χ1) is 9.62. The molecule has 0 aliphatic rings. The third-order valence-electron chi connectivity index (χ3n) is 3.08. The number of hydrogen-bond acceptors (Lipinski definition) is 4. The van der Waals surface area contributed by atoms with Crippen LogP contribution in [0, 0.1) is 0 Å². The van der Waals surface area contributed by atoms with Gasteiger partial charge >= 0.3 is 0 Å². The van der Waals surface area contributed by atoms with Crippen LogP contribution in [0.25, 0.3) is 0 Å². The van der Waals surface area contributed by atoms with E-state index >= 15 is 0 Å². The highest BCUT2D eigenvalue weighted by molar-refractivity contribution is 9.10. The Morgan fingerprint density at radius 3 is 2.85 bits per heavy atom. The summed E-state index contributed by atoms with van der Waals surface area (Å²) in [5.41, 5.74) is 4.61. The van der Waals surface area contributed by atoms with Crippen LogP contribution < -0.4 is 16.0 Å². The van der Waals surface area contributed by atoms with Gasteiger partial charge in [-0.2, -0.15) is 5.10 Å². The van der Waals surface area contributed by atoms with Crippen LogP contribution in [0.15, 0.2) is 28.9 Å². The number of nitrogens with zero attached hydrogens (tertiary/aromatic N) is 2. The van der Waals surface area contributed by atoms with Gasteiger partial charge in [-0.1, -0.05) is 17.7 Å². The van der Waals surface area contributed by atoms with Crippen LogP contribution in [0.1, 0.15) is 24.2 Å². The van der Waals surface area contributed by atoms with Crippen LogP contribution in [-0.4, -0.2) is 16.9 Å². The van der Waals surface area contributed by atoms with Crippen LogP contribution in [0.4, 0.5) is 0 Å². The molecule has 108 valence electrons. The van der Waals surface area contributed by atoms with Crippen molar-refractivity contribution in [1.82, 2.24) is 15.2 Å². The normalized spacial score (nSPS) is 12.4. The molecule has 0 saturated heterocycles. The summed E-state index contributed by atoms with van der Waals surface area (Å²) in [6.07, 6.45) is 1.68. The molecule has 1 aromatic carbocycles. The zero-order valence-electron chi connectivity index (χ0n) is 11.2. The van der Waals surface area contributed by atoms with Gasteiger partial charge in [-0.3, -0.25) is 10.5 Å². The first-order valence-electron chi connectivity index (χ1n) is 6.13. The maximum Gasteiger partial charge on any atom is 0.161 e. The Hall–Kier alpha value is -1.08. The summed E-state index contributed by atoms with van der Waals surface area (Å²) in [5.74, 6) is 6.42. The van der Waals surface area contributed by atoms with Crippen molar-refractivity contribution in [1.29, 1.82) is 0 Å². The average Bonchev–Trinajstić information content (AvgIpc) is 2.86. The van der Waals surface area contributed by atoms with E-state index in [1.807, 2.05) is 29.8 Å². The van der Waals surface area contributed by atoms with Gasteiger partial charge in [0.1, 0.15) is 5.69 Å². The number of benzene rings is 1. The van der Waals surface area contributed by atoms with E-state index < -0.39 is 0 Å². The lowest BCUT2D eigenvalue weighted by Crippen LogP contribution is -2.31. The minimum atomic E-state index is -0.252. The number of methoxy groups -OCH3 is 1. The summed E-state index contributed by atoms with van der Waals surface area (Å²) >= 11 is 9.53. The quantitative estimate of drug-likeness (QED) is 0.636. The molecule has 2 aromatic rings. The molecular formula is C13H16BrClN4O. The predicted molar refractivity (Wildman–Crippen MR) is 82.8 cm³/mol. The summed E-state index contributed by atoms with van der Waals surface area (Å²) < 4.78 is 8.05. The number of ether oxygens (including phenoxy) is 1. The molecule has 0 bridgehead atoms. The zero-order valence-corrected chi connectivity index (χ0v) is 13.6. The van der Waals surface area contributed by atoms with Crippen LogP contribution in [0.5, 0.6) is 5.75 Å². The van der Waals surface area contributed by atoms with Gasteiger partial charge < -0.3 is 4.74 Å². The van der Waals surface area contributed by atoms with Crippen molar-refractivity contribution in [3.05, 3.63) is 45.1 Å². The number of nitrogens with two attached hydrogens (primary N) is 1. The largest absolute Gasteiger partial charge is 0.493 e. The van der Waals surface area contributed by atoms with Crippen molar-refractivity contribution >= 4 is 27.5 Å². The summed E-state index contributed by atoms with van der Waals surface area (Å²) in [6.45, 7) is 2.74. The highest BCUT2D eigenvalue weighted by atomic mass is 79.9. The molecule has 20 heavy (non-hydrogen) atoms. The van der Waals surface area contributed by atoms with E-state index in [0.29, 0.717) is 10.8 Å². The SMILES string of the molecule is CCn1ncc(OC)c1C(NN)c1ccc(Br)c(Cl)c1. The second-order valence-corrected chi connectivity index (χ2v) is 5.45. The van der Waals surface area contributed by atoms with Crippen molar-refractivity contribution in [2.24, 2.45) is 5.84 Å². The minimum absolute atomic E-state index is 0.252. The number of aryl methyl sites for hydroxylation is 1. The highest BCUT2D eigenvalue weighted by Crippen LogP contribution is 2.32. The Balaban J connectivity index is 2.51. The van der Waals surface area contributed by atoms with Gasteiger partial charge in [0.2, 0.25) is 0 Å². The Kier molecular flexibility index (Phi) is 5.04. The number of halogens is 2. The van der Waals surface area contributed by atoms with E-state index in [0.717, 1.165) is 22.3 Å². The predicted octanol–water partition coefficient (Wildman–Crippen LogP) is 2.88. The van der Waals surface area contributed by atoms with Crippen molar-refractivity contribution < 1.29 is 4.74 Å². The van der Waals surface area contributed by atoms with Crippen LogP contribution in [-0.2, 0) is 6.54 Å². The van der Waals surface area contributed by atoms with E-state index in [4.69, 9.17) is 22.2 Å². The van der Waals surface area contributed by atoms with Crippen molar-refractivity contribution in [2.75, 3.05) is 7.11 Å². The summed E-state index contributed by atoms with van der Waals surface area (Å²) in [5, 5.41) is 4.92. The molecule has 0 fully saturated rings. The summed E-state index contributed by atoms with van der Waals surface area (Å²) in [6, 6.07) is 5.45. The van der Waals surface area contributed by atoms with E-state index in [1.165, 1.54) is 0 Å². The van der Waals surface area contributed by atoms with Crippen LogP contribution in [0.3, 0.4) is 0 Å². The molecule has 0 saturated carbocycles. The van der Waals surface area contributed by atoms with E-state index in [9.17, 15) is 0 Å². The molecule has 0 radical (unpaired) electrons. The second-order valence-electron chi connectivity index (χ2n) is 4.19. The third kappa shape index (κ3) is 2.83. The summed E-state index contributed by atoms with van der Waals surface area (Å²) in [4.78, 5) is 0. The van der Waals surface area contributed by atoms with Gasteiger partial charge in [0.15, 0.2) is 5.75 Å². The van der Waals surface area contributed by atoms with Crippen molar-refractivity contribution in [2.45, 2.75) is 19.5 Å². The topological polar surface area (TPSA) is 65.1 Å². The minimum Gasteiger partial charge on any atom is -0.493 e. The number of nitrogens with one attached hydrogen (secondary N) is 1. The molecule has 1 aromatic heterocycles. The molecule has 5 nitrogen and oxygen atoms in total. The van der Waals surface area contributed by atoms with Gasteiger partial charge in [-0.15, -0.1) is 0 Å². The van der Waals surface area contributed by atoms with E-state index in [1.54, 1.807) is 13.3 Å². The number of hydrazine groups is 1. The first kappa shape index (κ1) is 15.3. The Morgan fingerprint density at radius 1 is 1.55 bits per heavy atom. The summed E-state index contributed by atoms with van der Waals surface area (Å²) in [7, 11) is 1.61. The smallest absolute Gasteiger partial charge is 0.161 e. The second kappa shape index (κ2) is 6.58. The van der Waals surface area contributed by atoms with Gasteiger partial charge in [0.05, 0.1) is 24.4 Å². The first-order valence-corrected chi connectivity index (χ1v) is 7.30. The lowest BCUT2D eigenvalue weighted by molar-refractivity contribution is 0.399. The molecule has 0 spiro atoms. The fourth-order valence-electron chi connectivity index (χ4n) is 2.10. The van der Waals surface area contributed by atoms with Crippen molar-refractivity contribution in [3.63, 3.8) is 0 Å². The van der Waals surface area contributed by atoms with E-state index in [-0.39, 0.29) is 6.04 Å². The van der Waals surface area contributed by atoms with Gasteiger partial charge in [-0.25, -0.2) is 5.43 Å². The fraction of sp³-hybridized carbons (Fsp3) is 0.308.